The van der Waals surface area contributed by atoms with Crippen molar-refractivity contribution in [3.63, 3.8) is 0 Å². The lowest BCUT2D eigenvalue weighted by Crippen LogP contribution is -2.61. The van der Waals surface area contributed by atoms with E-state index in [0.717, 1.165) is 44.9 Å². The van der Waals surface area contributed by atoms with E-state index in [0.29, 0.717) is 12.8 Å². The van der Waals surface area contributed by atoms with Crippen molar-refractivity contribution in [2.24, 2.45) is 0 Å². The first-order valence-electron chi connectivity index (χ1n) is 24.8. The molecule has 2 aliphatic heterocycles. The number of hydrogen-bond acceptors (Lipinski definition) is 15. The molecule has 2 fully saturated rings. The van der Waals surface area contributed by atoms with Crippen molar-refractivity contribution in [1.29, 1.82) is 0 Å². The predicted octanol–water partition coefficient (Wildman–Crippen LogP) is 6.21. The van der Waals surface area contributed by atoms with Crippen LogP contribution >= 0.6 is 0 Å². The normalized spacial score (nSPS) is 26.9. The van der Waals surface area contributed by atoms with Crippen LogP contribution in [0.15, 0.2) is 12.2 Å². The maximum Gasteiger partial charge on any atom is 0.306 e. The molecule has 2 saturated heterocycles. The van der Waals surface area contributed by atoms with Crippen LogP contribution in [-0.2, 0) is 38.0 Å². The molecule has 15 heteroatoms. The smallest absolute Gasteiger partial charge is 0.306 e. The molecule has 2 aliphatic rings. The molecule has 0 radical (unpaired) electrons. The van der Waals surface area contributed by atoms with Gasteiger partial charge in [-0.15, -0.1) is 0 Å². The molecular formula is C48H88O15. The van der Waals surface area contributed by atoms with E-state index in [1.54, 1.807) is 0 Å². The average molecular weight is 905 g/mol. The number of aliphatic hydroxyl groups excluding tert-OH is 7. The van der Waals surface area contributed by atoms with Crippen LogP contribution in [0, 0.1) is 0 Å². The van der Waals surface area contributed by atoms with Crippen LogP contribution < -0.4 is 0 Å². The van der Waals surface area contributed by atoms with Crippen molar-refractivity contribution in [3.8, 4) is 0 Å². The first-order valence-corrected chi connectivity index (χ1v) is 24.8. The quantitative estimate of drug-likeness (QED) is 0.0208. The molecule has 0 aromatic rings. The predicted molar refractivity (Wildman–Crippen MR) is 238 cm³/mol. The SMILES string of the molecule is CCCCCCCC/C=C/CCCCCC(=O)OC[C@H](CO[C@@H]1O[C@H](CO[C@@H]2O[C@H](CO)[C@H](O)C(O)C2O)[C@H](O)C(O)C1O)OC(=O)CCCCCCCCCCCCCCCC. The summed E-state index contributed by atoms with van der Waals surface area (Å²) in [5.41, 5.74) is 0. The Bertz CT molecular complexity index is 1160. The number of esters is 2. The highest BCUT2D eigenvalue weighted by atomic mass is 16.7. The first kappa shape index (κ1) is 57.4. The molecular weight excluding hydrogens is 817 g/mol. The van der Waals surface area contributed by atoms with E-state index in [4.69, 9.17) is 28.4 Å². The molecule has 2 heterocycles. The Balaban J connectivity index is 1.83. The number of hydrogen-bond donors (Lipinski definition) is 7. The van der Waals surface area contributed by atoms with Gasteiger partial charge in [0.25, 0.3) is 0 Å². The summed E-state index contributed by atoms with van der Waals surface area (Å²) in [6.07, 6.45) is 16.7. The summed E-state index contributed by atoms with van der Waals surface area (Å²) in [4.78, 5) is 25.7. The molecule has 0 aromatic carbocycles. The van der Waals surface area contributed by atoms with Crippen LogP contribution in [0.2, 0.25) is 0 Å². The van der Waals surface area contributed by atoms with Gasteiger partial charge in [0.15, 0.2) is 18.7 Å². The third kappa shape index (κ3) is 25.1. The first-order chi connectivity index (χ1) is 30.5. The van der Waals surface area contributed by atoms with Gasteiger partial charge in [-0.3, -0.25) is 9.59 Å². The Morgan fingerprint density at radius 1 is 0.492 bits per heavy atom. The molecule has 0 bridgehead atoms. The molecule has 63 heavy (non-hydrogen) atoms. The highest BCUT2D eigenvalue weighted by Crippen LogP contribution is 2.26. The van der Waals surface area contributed by atoms with Gasteiger partial charge >= 0.3 is 11.9 Å². The third-order valence-electron chi connectivity index (χ3n) is 12.0. The number of rotatable bonds is 38. The third-order valence-corrected chi connectivity index (χ3v) is 12.0. The minimum absolute atomic E-state index is 0.167. The molecule has 15 nitrogen and oxygen atoms in total. The summed E-state index contributed by atoms with van der Waals surface area (Å²) >= 11 is 0. The highest BCUT2D eigenvalue weighted by Gasteiger charge is 2.47. The van der Waals surface area contributed by atoms with Crippen molar-refractivity contribution < 1.29 is 73.8 Å². The summed E-state index contributed by atoms with van der Waals surface area (Å²) < 4.78 is 33.5. The van der Waals surface area contributed by atoms with Gasteiger partial charge in [0.05, 0.1) is 19.8 Å². The second-order valence-corrected chi connectivity index (χ2v) is 17.6. The number of aliphatic hydroxyl groups is 7. The Morgan fingerprint density at radius 2 is 0.905 bits per heavy atom. The van der Waals surface area contributed by atoms with Gasteiger partial charge in [-0.2, -0.15) is 0 Å². The molecule has 0 spiro atoms. The Kier molecular flexibility index (Phi) is 33.1. The van der Waals surface area contributed by atoms with Crippen LogP contribution in [0.4, 0.5) is 0 Å². The van der Waals surface area contributed by atoms with E-state index in [9.17, 15) is 45.3 Å². The topological polar surface area (TPSA) is 231 Å². The Hall–Kier alpha value is -1.76. The minimum atomic E-state index is -1.76. The zero-order chi connectivity index (χ0) is 46.1. The monoisotopic (exact) mass is 905 g/mol. The minimum Gasteiger partial charge on any atom is -0.462 e. The van der Waals surface area contributed by atoms with Gasteiger partial charge in [-0.05, 0) is 38.5 Å². The zero-order valence-corrected chi connectivity index (χ0v) is 38.8. The van der Waals surface area contributed by atoms with Crippen molar-refractivity contribution in [2.75, 3.05) is 26.4 Å². The molecule has 370 valence electrons. The van der Waals surface area contributed by atoms with E-state index in [2.05, 4.69) is 26.0 Å². The largest absolute Gasteiger partial charge is 0.462 e. The summed E-state index contributed by atoms with van der Waals surface area (Å²) in [7, 11) is 0. The van der Waals surface area contributed by atoms with E-state index < -0.39 is 92.7 Å². The van der Waals surface area contributed by atoms with Crippen molar-refractivity contribution in [2.45, 2.75) is 255 Å². The fourth-order valence-corrected chi connectivity index (χ4v) is 7.86. The van der Waals surface area contributed by atoms with Gasteiger partial charge in [0, 0.05) is 12.8 Å². The van der Waals surface area contributed by atoms with E-state index in [1.165, 1.54) is 103 Å². The number of unbranched alkanes of at least 4 members (excludes halogenated alkanes) is 22. The molecule has 0 aromatic heterocycles. The summed E-state index contributed by atoms with van der Waals surface area (Å²) in [5.74, 6) is -0.936. The van der Waals surface area contributed by atoms with Crippen LogP contribution in [0.25, 0.3) is 0 Å². The van der Waals surface area contributed by atoms with Gasteiger partial charge in [0.1, 0.15) is 55.4 Å². The fraction of sp³-hybridized carbons (Fsp3) is 0.917. The number of carbonyl (C=O) groups is 2. The number of allylic oxidation sites excluding steroid dienone is 2. The molecule has 0 saturated carbocycles. The molecule has 0 amide bonds. The molecule has 0 aliphatic carbocycles. The molecule has 11 atom stereocenters. The second kappa shape index (κ2) is 36.4. The van der Waals surface area contributed by atoms with Crippen LogP contribution in [0.3, 0.4) is 0 Å². The van der Waals surface area contributed by atoms with Gasteiger partial charge in [-0.1, -0.05) is 148 Å². The Morgan fingerprint density at radius 3 is 1.41 bits per heavy atom. The van der Waals surface area contributed by atoms with Crippen molar-refractivity contribution in [1.82, 2.24) is 0 Å². The molecule has 7 N–H and O–H groups in total. The maximum absolute atomic E-state index is 13.0. The lowest BCUT2D eigenvalue weighted by Gasteiger charge is -2.42. The number of ether oxygens (including phenoxy) is 6. The van der Waals surface area contributed by atoms with Crippen molar-refractivity contribution >= 4 is 11.9 Å². The van der Waals surface area contributed by atoms with Crippen LogP contribution in [-0.4, -0.2) is 142 Å². The fourth-order valence-electron chi connectivity index (χ4n) is 7.86. The summed E-state index contributed by atoms with van der Waals surface area (Å²) in [5, 5.41) is 71.9. The van der Waals surface area contributed by atoms with Crippen LogP contribution in [0.5, 0.6) is 0 Å². The standard InChI is InChI=1S/C48H88O15/c1-3-5-7-9-11-13-15-17-19-21-23-25-27-29-31-40(51)61-36(33-58-39(50)30-28-26-24-22-20-18-16-14-12-10-8-6-4-2)34-59-47-46(57)44(55)42(53)38(63-47)35-60-48-45(56)43(54)41(52)37(32-49)62-48/h18,20,36-38,41-49,52-57H,3-17,19,21-35H2,1-2H3/b20-18+/t36-,37-,38-,41+,42+,43?,44?,45?,46?,47-,48-/m1/s1. The lowest BCUT2D eigenvalue weighted by atomic mass is 9.98. The lowest BCUT2D eigenvalue weighted by molar-refractivity contribution is -0.332. The van der Waals surface area contributed by atoms with E-state index in [-0.39, 0.29) is 26.1 Å². The average Bonchev–Trinajstić information content (AvgIpc) is 3.28. The van der Waals surface area contributed by atoms with Crippen LogP contribution in [0.1, 0.15) is 187 Å². The van der Waals surface area contributed by atoms with Gasteiger partial charge in [-0.25, -0.2) is 0 Å². The maximum atomic E-state index is 13.0. The summed E-state index contributed by atoms with van der Waals surface area (Å²) in [6.45, 7) is 2.57. The van der Waals surface area contributed by atoms with Gasteiger partial charge in [0.2, 0.25) is 0 Å². The Labute approximate surface area is 378 Å². The van der Waals surface area contributed by atoms with E-state index >= 15 is 0 Å². The van der Waals surface area contributed by atoms with E-state index in [1.807, 2.05) is 0 Å². The highest BCUT2D eigenvalue weighted by molar-refractivity contribution is 5.70. The zero-order valence-electron chi connectivity index (χ0n) is 38.8. The second-order valence-electron chi connectivity index (χ2n) is 17.6. The van der Waals surface area contributed by atoms with Crippen molar-refractivity contribution in [3.05, 3.63) is 12.2 Å². The number of carbonyl (C=O) groups excluding carboxylic acids is 2. The summed E-state index contributed by atoms with van der Waals surface area (Å²) in [6, 6.07) is 0. The molecule has 2 rings (SSSR count). The van der Waals surface area contributed by atoms with Gasteiger partial charge < -0.3 is 64.2 Å². The molecule has 4 unspecified atom stereocenters.